The molecule has 1 amide bonds. The van der Waals surface area contributed by atoms with Crippen molar-refractivity contribution in [3.63, 3.8) is 0 Å². The lowest BCUT2D eigenvalue weighted by molar-refractivity contribution is -0.137. The van der Waals surface area contributed by atoms with E-state index in [1.807, 2.05) is 0 Å². The minimum absolute atomic E-state index is 0.121. The Hall–Kier alpha value is -3.66. The number of nitrogens with one attached hydrogen (secondary N) is 1. The third kappa shape index (κ3) is 4.96. The van der Waals surface area contributed by atoms with Gasteiger partial charge in [0.15, 0.2) is 9.84 Å². The highest BCUT2D eigenvalue weighted by Gasteiger charge is 2.34. The lowest BCUT2D eigenvalue weighted by Gasteiger charge is -2.13. The molecule has 4 aromatic rings. The molecule has 0 atom stereocenters. The Kier molecular flexibility index (Phi) is 6.18. The van der Waals surface area contributed by atoms with E-state index >= 15 is 0 Å². The van der Waals surface area contributed by atoms with Gasteiger partial charge in [0, 0.05) is 23.6 Å². The Balaban J connectivity index is 1.63. The van der Waals surface area contributed by atoms with E-state index in [4.69, 9.17) is 0 Å². The number of hydrogen-bond acceptors (Lipinski definition) is 3. The first-order chi connectivity index (χ1) is 16.0. The lowest BCUT2D eigenvalue weighted by atomic mass is 10.1. The minimum atomic E-state index is -4.71. The van der Waals surface area contributed by atoms with Crippen molar-refractivity contribution in [1.82, 2.24) is 4.57 Å². The first kappa shape index (κ1) is 23.5. The van der Waals surface area contributed by atoms with Crippen molar-refractivity contribution in [2.24, 2.45) is 0 Å². The van der Waals surface area contributed by atoms with Gasteiger partial charge in [0.05, 0.1) is 16.1 Å². The molecule has 3 aromatic carbocycles. The highest BCUT2D eigenvalue weighted by Crippen LogP contribution is 2.34. The molecule has 1 N–H and O–H groups in total. The molecule has 0 unspecified atom stereocenters. The summed E-state index contributed by atoms with van der Waals surface area (Å²) in [6, 6.07) is 16.7. The van der Waals surface area contributed by atoms with Crippen molar-refractivity contribution in [2.45, 2.75) is 17.6 Å². The smallest absolute Gasteiger partial charge is 0.342 e. The molecule has 1 heterocycles. The minimum Gasteiger partial charge on any atom is -0.342 e. The molecule has 0 aliphatic heterocycles. The molecule has 0 radical (unpaired) electrons. The van der Waals surface area contributed by atoms with Gasteiger partial charge in [-0.1, -0.05) is 42.5 Å². The molecular weight excluding hydrogens is 472 g/mol. The zero-order chi connectivity index (χ0) is 24.5. The first-order valence-electron chi connectivity index (χ1n) is 10.1. The molecule has 0 aliphatic rings. The van der Waals surface area contributed by atoms with Gasteiger partial charge >= 0.3 is 6.18 Å². The van der Waals surface area contributed by atoms with Crippen LogP contribution in [0.4, 0.5) is 23.2 Å². The zero-order valence-corrected chi connectivity index (χ0v) is 18.3. The molecule has 4 rings (SSSR count). The van der Waals surface area contributed by atoms with Crippen LogP contribution in [0.3, 0.4) is 0 Å². The summed E-state index contributed by atoms with van der Waals surface area (Å²) in [5.74, 6) is -2.53. The third-order valence-electron chi connectivity index (χ3n) is 5.18. The van der Waals surface area contributed by atoms with E-state index in [1.54, 1.807) is 41.0 Å². The van der Waals surface area contributed by atoms with E-state index in [0.717, 1.165) is 17.7 Å². The number of aromatic nitrogens is 1. The van der Waals surface area contributed by atoms with Crippen molar-refractivity contribution in [1.29, 1.82) is 0 Å². The van der Waals surface area contributed by atoms with Crippen molar-refractivity contribution in [3.8, 4) is 0 Å². The van der Waals surface area contributed by atoms with Gasteiger partial charge in [0.25, 0.3) is 0 Å². The van der Waals surface area contributed by atoms with Crippen LogP contribution in [0.1, 0.15) is 11.1 Å². The third-order valence-corrected chi connectivity index (χ3v) is 6.82. The Morgan fingerprint density at radius 3 is 2.26 bits per heavy atom. The van der Waals surface area contributed by atoms with Gasteiger partial charge in [-0.05, 0) is 35.9 Å². The van der Waals surface area contributed by atoms with Crippen molar-refractivity contribution >= 4 is 32.3 Å². The van der Waals surface area contributed by atoms with Crippen LogP contribution in [0.5, 0.6) is 0 Å². The summed E-state index contributed by atoms with van der Waals surface area (Å²) in [4.78, 5) is 12.3. The molecule has 0 bridgehead atoms. The van der Waals surface area contributed by atoms with Crippen LogP contribution in [0.25, 0.3) is 10.9 Å². The number of carbonyl (C=O) groups is 1. The van der Waals surface area contributed by atoms with Crippen LogP contribution >= 0.6 is 0 Å². The van der Waals surface area contributed by atoms with Crippen LogP contribution in [0, 0.1) is 5.82 Å². The second-order valence-corrected chi connectivity index (χ2v) is 9.57. The summed E-state index contributed by atoms with van der Waals surface area (Å²) in [5, 5.41) is 2.43. The summed E-state index contributed by atoms with van der Waals surface area (Å²) < 4.78 is 80.6. The normalized spacial score (nSPS) is 12.1. The number of sulfone groups is 1. The summed E-state index contributed by atoms with van der Waals surface area (Å²) in [7, 11) is -4.21. The van der Waals surface area contributed by atoms with E-state index in [2.05, 4.69) is 5.32 Å². The molecule has 1 aromatic heterocycles. The first-order valence-corrected chi connectivity index (χ1v) is 11.7. The maximum Gasteiger partial charge on any atom is 0.418 e. The van der Waals surface area contributed by atoms with Gasteiger partial charge in [-0.25, -0.2) is 12.8 Å². The van der Waals surface area contributed by atoms with Crippen molar-refractivity contribution in [3.05, 3.63) is 95.9 Å². The highest BCUT2D eigenvalue weighted by atomic mass is 32.2. The van der Waals surface area contributed by atoms with E-state index in [9.17, 15) is 30.8 Å². The number of halogens is 4. The van der Waals surface area contributed by atoms with Gasteiger partial charge in [0.1, 0.15) is 11.6 Å². The maximum absolute atomic E-state index is 13.2. The number of carbonyl (C=O) groups excluding carboxylic acids is 1. The van der Waals surface area contributed by atoms with Crippen molar-refractivity contribution in [2.75, 3.05) is 11.1 Å². The monoisotopic (exact) mass is 490 g/mol. The second-order valence-electron chi connectivity index (χ2n) is 7.62. The fourth-order valence-corrected chi connectivity index (χ4v) is 5.02. The SMILES string of the molecule is O=C(CS(=O)(=O)c1cn(Cc2ccc(F)cc2)c2ccccc12)Nc1ccccc1C(F)(F)F. The largest absolute Gasteiger partial charge is 0.418 e. The maximum atomic E-state index is 13.2. The molecule has 34 heavy (non-hydrogen) atoms. The van der Waals surface area contributed by atoms with E-state index in [-0.39, 0.29) is 11.4 Å². The molecule has 0 saturated carbocycles. The van der Waals surface area contributed by atoms with Gasteiger partial charge < -0.3 is 9.88 Å². The van der Waals surface area contributed by atoms with Crippen LogP contribution in [-0.4, -0.2) is 24.6 Å². The van der Waals surface area contributed by atoms with Gasteiger partial charge in [-0.3, -0.25) is 4.79 Å². The van der Waals surface area contributed by atoms with E-state index in [0.29, 0.717) is 10.9 Å². The fourth-order valence-electron chi connectivity index (χ4n) is 3.65. The van der Waals surface area contributed by atoms with Crippen molar-refractivity contribution < 1.29 is 30.8 Å². The zero-order valence-electron chi connectivity index (χ0n) is 17.5. The van der Waals surface area contributed by atoms with Crippen LogP contribution in [0.2, 0.25) is 0 Å². The van der Waals surface area contributed by atoms with Crippen LogP contribution < -0.4 is 5.32 Å². The summed E-state index contributed by atoms with van der Waals surface area (Å²) in [6.45, 7) is 0.251. The molecule has 5 nitrogen and oxygen atoms in total. The van der Waals surface area contributed by atoms with Crippen LogP contribution in [-0.2, 0) is 27.4 Å². The molecule has 10 heteroatoms. The number of anilines is 1. The van der Waals surface area contributed by atoms with E-state index < -0.39 is 44.7 Å². The number of amides is 1. The molecule has 0 aliphatic carbocycles. The Labute approximate surface area is 192 Å². The summed E-state index contributed by atoms with van der Waals surface area (Å²) in [5.41, 5.74) is -0.286. The Morgan fingerprint density at radius 2 is 1.56 bits per heavy atom. The standard InChI is InChI=1S/C24H18F4N2O3S/c25-17-11-9-16(10-12-17)13-30-14-22(18-5-1-4-8-21(18)30)34(32,33)15-23(31)29-20-7-3-2-6-19(20)24(26,27)28/h1-12,14H,13,15H2,(H,29,31). The number of alkyl halides is 3. The topological polar surface area (TPSA) is 68.2 Å². The predicted molar refractivity (Wildman–Crippen MR) is 120 cm³/mol. The molecule has 176 valence electrons. The average molecular weight is 490 g/mol. The molecule has 0 spiro atoms. The number of hydrogen-bond donors (Lipinski definition) is 1. The predicted octanol–water partition coefficient (Wildman–Crippen LogP) is 5.26. The van der Waals surface area contributed by atoms with Gasteiger partial charge in [-0.2, -0.15) is 13.2 Å². The molecule has 0 fully saturated rings. The Bertz CT molecular complexity index is 1460. The van der Waals surface area contributed by atoms with Gasteiger partial charge in [0.2, 0.25) is 5.91 Å². The summed E-state index contributed by atoms with van der Waals surface area (Å²) >= 11 is 0. The highest BCUT2D eigenvalue weighted by molar-refractivity contribution is 7.92. The van der Waals surface area contributed by atoms with Crippen LogP contribution in [0.15, 0.2) is 83.9 Å². The second kappa shape index (κ2) is 8.94. The number of para-hydroxylation sites is 2. The quantitative estimate of drug-likeness (QED) is 0.375. The molecular formula is C24H18F4N2O3S. The molecule has 0 saturated heterocycles. The fraction of sp³-hybridized carbons (Fsp3) is 0.125. The lowest BCUT2D eigenvalue weighted by Crippen LogP contribution is -2.24. The Morgan fingerprint density at radius 1 is 0.912 bits per heavy atom. The number of fused-ring (bicyclic) bond motifs is 1. The van der Waals surface area contributed by atoms with Gasteiger partial charge in [-0.15, -0.1) is 0 Å². The average Bonchev–Trinajstić information content (AvgIpc) is 3.14. The number of rotatable bonds is 6. The summed E-state index contributed by atoms with van der Waals surface area (Å²) in [6.07, 6.45) is -3.34. The number of nitrogens with zero attached hydrogens (tertiary/aromatic N) is 1. The van der Waals surface area contributed by atoms with E-state index in [1.165, 1.54) is 30.5 Å². The number of benzene rings is 3.